The van der Waals surface area contributed by atoms with Gasteiger partial charge in [0, 0.05) is 16.6 Å². The van der Waals surface area contributed by atoms with E-state index < -0.39 is 5.97 Å². The smallest absolute Gasteiger partial charge is 0.307 e. The zero-order valence-corrected chi connectivity index (χ0v) is 12.8. The highest BCUT2D eigenvalue weighted by molar-refractivity contribution is 9.10. The molecule has 1 N–H and O–H groups in total. The second-order valence-electron chi connectivity index (χ2n) is 5.08. The minimum atomic E-state index is -0.738. The third-order valence-corrected chi connectivity index (χ3v) is 4.02. The molecule has 0 radical (unpaired) electrons. The Labute approximate surface area is 129 Å². The van der Waals surface area contributed by atoms with Crippen LogP contribution in [-0.2, 0) is 11.3 Å². The van der Waals surface area contributed by atoms with Crippen LogP contribution in [0.2, 0.25) is 0 Å². The maximum Gasteiger partial charge on any atom is 0.307 e. The van der Waals surface area contributed by atoms with E-state index in [1.165, 1.54) is 0 Å². The summed E-state index contributed by atoms with van der Waals surface area (Å²) in [6.45, 7) is 1.76. The van der Waals surface area contributed by atoms with Gasteiger partial charge in [-0.2, -0.15) is 4.98 Å². The summed E-state index contributed by atoms with van der Waals surface area (Å²) in [5.41, 5.74) is 0.879. The van der Waals surface area contributed by atoms with Gasteiger partial charge in [-0.15, -0.1) is 0 Å². The Morgan fingerprint density at radius 2 is 2.38 bits per heavy atom. The molecule has 1 atom stereocenters. The maximum absolute atomic E-state index is 10.9. The van der Waals surface area contributed by atoms with Crippen LogP contribution in [0, 0.1) is 5.92 Å². The van der Waals surface area contributed by atoms with Gasteiger partial charge >= 0.3 is 5.97 Å². The van der Waals surface area contributed by atoms with Gasteiger partial charge < -0.3 is 9.63 Å². The largest absolute Gasteiger partial charge is 0.481 e. The van der Waals surface area contributed by atoms with Gasteiger partial charge in [0.2, 0.25) is 11.7 Å². The molecule has 7 heteroatoms. The van der Waals surface area contributed by atoms with E-state index in [2.05, 4.69) is 26.1 Å². The first-order valence-corrected chi connectivity index (χ1v) is 7.45. The predicted molar refractivity (Wildman–Crippen MR) is 78.5 cm³/mol. The van der Waals surface area contributed by atoms with Gasteiger partial charge in [0.15, 0.2) is 0 Å². The normalized spacial score (nSPS) is 19.0. The van der Waals surface area contributed by atoms with Crippen LogP contribution >= 0.6 is 15.9 Å². The summed E-state index contributed by atoms with van der Waals surface area (Å²) in [5, 5.41) is 13.0. The summed E-state index contributed by atoms with van der Waals surface area (Å²) in [6, 6.07) is 7.68. The zero-order chi connectivity index (χ0) is 14.8. The van der Waals surface area contributed by atoms with Crippen LogP contribution in [0.4, 0.5) is 0 Å². The Balaban J connectivity index is 1.67. The fourth-order valence-corrected chi connectivity index (χ4v) is 2.83. The number of halogens is 1. The first kappa shape index (κ1) is 14.2. The Bertz CT molecular complexity index is 658. The van der Waals surface area contributed by atoms with Crippen LogP contribution in [0.25, 0.3) is 11.4 Å². The van der Waals surface area contributed by atoms with Crippen molar-refractivity contribution in [2.75, 3.05) is 13.1 Å². The van der Waals surface area contributed by atoms with Crippen molar-refractivity contribution in [3.63, 3.8) is 0 Å². The van der Waals surface area contributed by atoms with Gasteiger partial charge in [-0.25, -0.2) is 0 Å². The quantitative estimate of drug-likeness (QED) is 0.910. The van der Waals surface area contributed by atoms with E-state index >= 15 is 0 Å². The Morgan fingerprint density at radius 3 is 3.10 bits per heavy atom. The van der Waals surface area contributed by atoms with Crippen molar-refractivity contribution in [2.24, 2.45) is 5.92 Å². The predicted octanol–water partition coefficient (Wildman–Crippen LogP) is 2.41. The molecule has 1 aromatic carbocycles. The van der Waals surface area contributed by atoms with E-state index in [1.54, 1.807) is 0 Å². The minimum absolute atomic E-state index is 0.294. The number of benzene rings is 1. The topological polar surface area (TPSA) is 79.5 Å². The number of aromatic nitrogens is 2. The standard InChI is InChI=1S/C14H14BrN3O3/c15-11-3-1-2-9(6-11)13-16-12(21-17-13)8-18-5-4-10(7-18)14(19)20/h1-3,6,10H,4-5,7-8H2,(H,19,20)/t10-/m0/s1. The van der Waals surface area contributed by atoms with Crippen LogP contribution in [0.15, 0.2) is 33.3 Å². The van der Waals surface area contributed by atoms with Gasteiger partial charge in [0.05, 0.1) is 12.5 Å². The summed E-state index contributed by atoms with van der Waals surface area (Å²) in [7, 11) is 0. The van der Waals surface area contributed by atoms with Crippen molar-refractivity contribution in [3.8, 4) is 11.4 Å². The first-order valence-electron chi connectivity index (χ1n) is 6.65. The Kier molecular flexibility index (Phi) is 4.03. The van der Waals surface area contributed by atoms with Gasteiger partial charge in [-0.05, 0) is 25.1 Å². The van der Waals surface area contributed by atoms with Crippen LogP contribution in [0.5, 0.6) is 0 Å². The molecule has 1 aliphatic rings. The number of carbonyl (C=O) groups is 1. The molecule has 0 unspecified atom stereocenters. The van der Waals surface area contributed by atoms with Crippen LogP contribution in [0.1, 0.15) is 12.3 Å². The molecular weight excluding hydrogens is 338 g/mol. The number of rotatable bonds is 4. The number of aliphatic carboxylic acids is 1. The van der Waals surface area contributed by atoms with Gasteiger partial charge in [-0.1, -0.05) is 33.2 Å². The van der Waals surface area contributed by atoms with Crippen molar-refractivity contribution in [1.82, 2.24) is 15.0 Å². The third-order valence-electron chi connectivity index (χ3n) is 3.53. The molecule has 1 aromatic heterocycles. The van der Waals surface area contributed by atoms with Crippen molar-refractivity contribution in [3.05, 3.63) is 34.6 Å². The summed E-state index contributed by atoms with van der Waals surface area (Å²) in [6.07, 6.45) is 0.669. The molecule has 3 rings (SSSR count). The Hall–Kier alpha value is -1.73. The maximum atomic E-state index is 10.9. The molecule has 0 spiro atoms. The SMILES string of the molecule is O=C(O)[C@H]1CCN(Cc2nc(-c3cccc(Br)c3)no2)C1. The lowest BCUT2D eigenvalue weighted by atomic mass is 10.1. The van der Waals surface area contributed by atoms with E-state index in [1.807, 2.05) is 29.2 Å². The monoisotopic (exact) mass is 351 g/mol. The number of carboxylic acids is 1. The van der Waals surface area contributed by atoms with Gasteiger partial charge in [-0.3, -0.25) is 9.69 Å². The molecule has 0 aliphatic carbocycles. The molecule has 1 fully saturated rings. The van der Waals surface area contributed by atoms with E-state index in [-0.39, 0.29) is 5.92 Å². The molecule has 110 valence electrons. The average molecular weight is 352 g/mol. The number of likely N-dealkylation sites (tertiary alicyclic amines) is 1. The molecule has 2 aromatic rings. The van der Waals surface area contributed by atoms with E-state index in [4.69, 9.17) is 9.63 Å². The van der Waals surface area contributed by atoms with Crippen LogP contribution in [0.3, 0.4) is 0 Å². The van der Waals surface area contributed by atoms with Crippen molar-refractivity contribution in [1.29, 1.82) is 0 Å². The van der Waals surface area contributed by atoms with Crippen molar-refractivity contribution >= 4 is 21.9 Å². The van der Waals surface area contributed by atoms with E-state index in [0.717, 1.165) is 16.6 Å². The van der Waals surface area contributed by atoms with E-state index in [9.17, 15) is 4.79 Å². The molecule has 0 amide bonds. The average Bonchev–Trinajstić information content (AvgIpc) is 3.08. The van der Waals surface area contributed by atoms with Crippen LogP contribution < -0.4 is 0 Å². The zero-order valence-electron chi connectivity index (χ0n) is 11.2. The lowest BCUT2D eigenvalue weighted by molar-refractivity contribution is -0.141. The fraction of sp³-hybridized carbons (Fsp3) is 0.357. The number of nitrogens with zero attached hydrogens (tertiary/aromatic N) is 3. The number of carboxylic acid groups (broad SMARTS) is 1. The molecule has 6 nitrogen and oxygen atoms in total. The molecule has 2 heterocycles. The second-order valence-corrected chi connectivity index (χ2v) is 6.00. The summed E-state index contributed by atoms with van der Waals surface area (Å²) in [5.74, 6) is 0.0200. The number of hydrogen-bond donors (Lipinski definition) is 1. The Morgan fingerprint density at radius 1 is 1.52 bits per heavy atom. The van der Waals surface area contributed by atoms with Crippen LogP contribution in [-0.4, -0.2) is 39.2 Å². The van der Waals surface area contributed by atoms with Gasteiger partial charge in [0.25, 0.3) is 0 Å². The van der Waals surface area contributed by atoms with Crippen molar-refractivity contribution < 1.29 is 14.4 Å². The molecule has 1 saturated heterocycles. The highest BCUT2D eigenvalue weighted by Gasteiger charge is 2.28. The summed E-state index contributed by atoms with van der Waals surface area (Å²) < 4.78 is 6.20. The van der Waals surface area contributed by atoms with Gasteiger partial charge in [0.1, 0.15) is 0 Å². The molecule has 0 saturated carbocycles. The lowest BCUT2D eigenvalue weighted by Crippen LogP contribution is -2.22. The number of hydrogen-bond acceptors (Lipinski definition) is 5. The lowest BCUT2D eigenvalue weighted by Gasteiger charge is -2.11. The summed E-state index contributed by atoms with van der Waals surface area (Å²) >= 11 is 3.41. The molecule has 21 heavy (non-hydrogen) atoms. The molecule has 0 bridgehead atoms. The molecule has 1 aliphatic heterocycles. The minimum Gasteiger partial charge on any atom is -0.481 e. The second kappa shape index (κ2) is 5.95. The fourth-order valence-electron chi connectivity index (χ4n) is 2.43. The third kappa shape index (κ3) is 3.30. The van der Waals surface area contributed by atoms with E-state index in [0.29, 0.717) is 31.2 Å². The highest BCUT2D eigenvalue weighted by atomic mass is 79.9. The molecular formula is C14H14BrN3O3. The van der Waals surface area contributed by atoms with Crippen molar-refractivity contribution in [2.45, 2.75) is 13.0 Å². The first-order chi connectivity index (χ1) is 10.1. The highest BCUT2D eigenvalue weighted by Crippen LogP contribution is 2.22. The summed E-state index contributed by atoms with van der Waals surface area (Å²) in [4.78, 5) is 17.3.